The number of aliphatic hydroxyl groups excluding tert-OH is 2. The van der Waals surface area contributed by atoms with Gasteiger partial charge in [-0.2, -0.15) is 0 Å². The van der Waals surface area contributed by atoms with Crippen molar-refractivity contribution in [3.05, 3.63) is 58.7 Å². The molecule has 2 heterocycles. The van der Waals surface area contributed by atoms with Gasteiger partial charge in [-0.15, -0.1) is 0 Å². The Morgan fingerprint density at radius 1 is 1.04 bits per heavy atom. The summed E-state index contributed by atoms with van der Waals surface area (Å²) in [6.45, 7) is 3.78. The fraction of sp³-hybridized carbons (Fsp3) is 0.562. The van der Waals surface area contributed by atoms with Crippen LogP contribution in [-0.2, 0) is 37.2 Å². The largest absolute Gasteiger partial charge is 0.504 e. The highest BCUT2D eigenvalue weighted by molar-refractivity contribution is 7.88. The Hall–Kier alpha value is -3.27. The number of carboxylic acids is 2. The lowest BCUT2D eigenvalue weighted by Crippen LogP contribution is -2.78. The van der Waals surface area contributed by atoms with E-state index in [2.05, 4.69) is 9.62 Å². The van der Waals surface area contributed by atoms with Crippen LogP contribution in [0.4, 0.5) is 0 Å². The lowest BCUT2D eigenvalue weighted by Gasteiger charge is -2.64. The van der Waals surface area contributed by atoms with Crippen LogP contribution in [0.1, 0.15) is 54.4 Å². The summed E-state index contributed by atoms with van der Waals surface area (Å²) in [5, 5.41) is 55.8. The van der Waals surface area contributed by atoms with Gasteiger partial charge in [0.15, 0.2) is 23.7 Å². The van der Waals surface area contributed by atoms with Crippen LogP contribution in [0.3, 0.4) is 0 Å². The minimum atomic E-state index is -3.66. The second kappa shape index (κ2) is 11.8. The number of benzene rings is 2. The molecule has 2 saturated carbocycles. The van der Waals surface area contributed by atoms with Crippen molar-refractivity contribution in [2.75, 3.05) is 13.1 Å². The van der Waals surface area contributed by atoms with Gasteiger partial charge < -0.3 is 35.4 Å². The first-order valence-electron chi connectivity index (χ1n) is 15.5. The number of aliphatic hydroxyl groups is 3. The summed E-state index contributed by atoms with van der Waals surface area (Å²) >= 11 is 0. The van der Waals surface area contributed by atoms with Crippen molar-refractivity contribution in [3.8, 4) is 11.5 Å². The Bertz CT molecular complexity index is 1630. The molecule has 3 fully saturated rings. The number of carboxylic acid groups (broad SMARTS) is 2. The van der Waals surface area contributed by atoms with Gasteiger partial charge >= 0.3 is 11.9 Å². The number of rotatable bonds is 9. The second-order valence-electron chi connectivity index (χ2n) is 13.3. The van der Waals surface area contributed by atoms with Crippen LogP contribution in [-0.4, -0.2) is 105 Å². The Balaban J connectivity index is 0.000000324. The number of sulfonamides is 1. The fourth-order valence-electron chi connectivity index (χ4n) is 8.12. The van der Waals surface area contributed by atoms with Gasteiger partial charge in [0.2, 0.25) is 10.0 Å². The Labute approximate surface area is 266 Å². The van der Waals surface area contributed by atoms with Gasteiger partial charge in [0.25, 0.3) is 0 Å². The Kier molecular flexibility index (Phi) is 8.35. The number of nitrogens with zero attached hydrogens (tertiary/aromatic N) is 1. The van der Waals surface area contributed by atoms with Crippen molar-refractivity contribution < 1.29 is 53.4 Å². The molecular weight excluding hydrogens is 620 g/mol. The maximum absolute atomic E-state index is 13.4. The lowest BCUT2D eigenvalue weighted by molar-refractivity contribution is -0.190. The van der Waals surface area contributed by atoms with E-state index in [9.17, 15) is 28.2 Å². The number of ether oxygens (including phenoxy) is 1. The molecule has 0 amide bonds. The molecule has 2 aromatic rings. The molecular formula is C32H40N2O11S. The first-order valence-corrected chi connectivity index (χ1v) is 17.2. The monoisotopic (exact) mass is 660 g/mol. The smallest absolute Gasteiger partial charge is 0.335 e. The van der Waals surface area contributed by atoms with E-state index in [0.29, 0.717) is 25.0 Å². The molecule has 46 heavy (non-hydrogen) atoms. The van der Waals surface area contributed by atoms with E-state index < -0.39 is 57.3 Å². The zero-order valence-corrected chi connectivity index (χ0v) is 26.2. The summed E-state index contributed by atoms with van der Waals surface area (Å²) in [6, 6.07) is 10.7. The number of aryl methyl sites for hydroxylation is 1. The number of aromatic hydroxyl groups is 1. The number of piperidine rings is 1. The molecule has 1 spiro atoms. The van der Waals surface area contributed by atoms with Crippen molar-refractivity contribution in [2.45, 2.75) is 92.6 Å². The third-order valence-electron chi connectivity index (χ3n) is 10.5. The average molecular weight is 661 g/mol. The number of likely N-dealkylation sites (tertiary alicyclic amines) is 1. The molecule has 3 aliphatic carbocycles. The highest BCUT2D eigenvalue weighted by Gasteiger charge is 2.73. The van der Waals surface area contributed by atoms with Gasteiger partial charge in [0.1, 0.15) is 6.10 Å². The predicted octanol–water partition coefficient (Wildman–Crippen LogP) is 0.630. The Morgan fingerprint density at radius 2 is 1.72 bits per heavy atom. The van der Waals surface area contributed by atoms with E-state index in [-0.39, 0.29) is 17.5 Å². The van der Waals surface area contributed by atoms with E-state index in [4.69, 9.17) is 25.2 Å². The molecule has 7 rings (SSSR count). The van der Waals surface area contributed by atoms with Crippen LogP contribution in [0.2, 0.25) is 0 Å². The number of hydrogen-bond donors (Lipinski definition) is 7. The Morgan fingerprint density at radius 3 is 2.35 bits per heavy atom. The molecule has 2 bridgehead atoms. The summed E-state index contributed by atoms with van der Waals surface area (Å²) in [6.07, 6.45) is -0.149. The zero-order valence-electron chi connectivity index (χ0n) is 25.4. The van der Waals surface area contributed by atoms with Crippen molar-refractivity contribution >= 4 is 22.0 Å². The van der Waals surface area contributed by atoms with Crippen molar-refractivity contribution in [1.82, 2.24) is 9.62 Å². The number of phenols is 1. The van der Waals surface area contributed by atoms with Crippen molar-refractivity contribution in [2.24, 2.45) is 5.92 Å². The summed E-state index contributed by atoms with van der Waals surface area (Å²) < 4.78 is 36.2. The summed E-state index contributed by atoms with van der Waals surface area (Å²) in [7, 11) is -3.66. The third-order valence-corrected chi connectivity index (χ3v) is 11.9. The van der Waals surface area contributed by atoms with Crippen LogP contribution >= 0.6 is 0 Å². The zero-order chi connectivity index (χ0) is 33.2. The van der Waals surface area contributed by atoms with Gasteiger partial charge in [-0.3, -0.25) is 4.90 Å². The lowest BCUT2D eigenvalue weighted by atomic mass is 9.48. The SMILES string of the molecule is Cc1ccccc1CS(=O)(=O)N[C@H]1CC[C@@]2(O)[C@H]3Cc4ccc(O)c5c4[C@@]2(CCN3CC2CC2)[C@H]1O5.O=C(O)C(O)C(O)C(=O)O. The van der Waals surface area contributed by atoms with E-state index >= 15 is 0 Å². The number of nitrogens with one attached hydrogen (secondary N) is 1. The van der Waals surface area contributed by atoms with Gasteiger partial charge in [-0.05, 0) is 80.7 Å². The standard InChI is InChI=1S/C28H34N2O5S.C4H6O6/c1-17-4-2-3-5-20(17)16-36(33,34)29-21-10-11-28(32)23-14-19-8-9-22(31)25-24(19)27(28,26(21)35-25)12-13-30(23)15-18-6-7-18;5-1(3(7)8)2(6)4(9)10/h2-5,8-9,18,21,23,26,29,31-32H,6-7,10-16H2,1H3;1-2,5-6H,(H,7,8)(H,9,10)/t21-,23+,26-,27-,28+;/m0./s1. The van der Waals surface area contributed by atoms with E-state index in [0.717, 1.165) is 47.7 Å². The predicted molar refractivity (Wildman–Crippen MR) is 163 cm³/mol. The van der Waals surface area contributed by atoms with Crippen LogP contribution in [0.5, 0.6) is 11.5 Å². The highest BCUT2D eigenvalue weighted by Crippen LogP contribution is 2.65. The molecule has 2 aromatic carbocycles. The highest BCUT2D eigenvalue weighted by atomic mass is 32.2. The quantitative estimate of drug-likeness (QED) is 0.197. The molecule has 14 heteroatoms. The molecule has 0 radical (unpaired) electrons. The van der Waals surface area contributed by atoms with Gasteiger partial charge in [0, 0.05) is 18.2 Å². The second-order valence-corrected chi connectivity index (χ2v) is 15.1. The molecule has 2 aliphatic heterocycles. The molecule has 0 aromatic heterocycles. The number of phenolic OH excluding ortho intramolecular Hbond substituents is 1. The number of carbonyl (C=O) groups is 2. The third kappa shape index (κ3) is 5.44. The van der Waals surface area contributed by atoms with E-state index in [1.807, 2.05) is 37.3 Å². The van der Waals surface area contributed by atoms with Gasteiger partial charge in [0.05, 0.1) is 22.8 Å². The van der Waals surface area contributed by atoms with Crippen molar-refractivity contribution in [1.29, 1.82) is 0 Å². The van der Waals surface area contributed by atoms with Gasteiger partial charge in [-0.25, -0.2) is 22.7 Å². The van der Waals surface area contributed by atoms with Crippen LogP contribution in [0.25, 0.3) is 0 Å². The first-order chi connectivity index (χ1) is 21.7. The molecule has 2 unspecified atom stereocenters. The molecule has 13 nitrogen and oxygen atoms in total. The maximum atomic E-state index is 13.4. The summed E-state index contributed by atoms with van der Waals surface area (Å²) in [5.74, 6) is -2.40. The molecule has 7 atom stereocenters. The number of aliphatic carboxylic acids is 2. The topological polar surface area (TPSA) is 214 Å². The summed E-state index contributed by atoms with van der Waals surface area (Å²) in [5.41, 5.74) is 2.00. The average Bonchev–Trinajstić information content (AvgIpc) is 3.74. The minimum absolute atomic E-state index is 0.0227. The minimum Gasteiger partial charge on any atom is -0.504 e. The molecule has 5 aliphatic rings. The molecule has 7 N–H and O–H groups in total. The van der Waals surface area contributed by atoms with Gasteiger partial charge in [-0.1, -0.05) is 30.3 Å². The molecule has 1 saturated heterocycles. The first kappa shape index (κ1) is 32.7. The number of hydrogen-bond acceptors (Lipinski definition) is 10. The van der Waals surface area contributed by atoms with Crippen LogP contribution in [0.15, 0.2) is 36.4 Å². The normalized spacial score (nSPS) is 30.7. The maximum Gasteiger partial charge on any atom is 0.335 e. The van der Waals surface area contributed by atoms with E-state index in [1.165, 1.54) is 12.8 Å². The van der Waals surface area contributed by atoms with Crippen LogP contribution in [0, 0.1) is 12.8 Å². The van der Waals surface area contributed by atoms with Crippen molar-refractivity contribution in [3.63, 3.8) is 0 Å². The van der Waals surface area contributed by atoms with E-state index in [1.54, 1.807) is 6.07 Å². The molecule has 250 valence electrons. The summed E-state index contributed by atoms with van der Waals surface area (Å²) in [4.78, 5) is 22.0. The van der Waals surface area contributed by atoms with Crippen LogP contribution < -0.4 is 9.46 Å². The fourth-order valence-corrected chi connectivity index (χ4v) is 9.64.